The minimum atomic E-state index is -1.23. The molecule has 222 valence electrons. The minimum absolute atomic E-state index is 0.826. The zero-order chi connectivity index (χ0) is 31.1. The maximum absolute atomic E-state index is 4.93. The molecule has 0 heterocycles. The van der Waals surface area contributed by atoms with Crippen LogP contribution in [0.15, 0.2) is 60.7 Å². The van der Waals surface area contributed by atoms with Crippen molar-refractivity contribution in [2.45, 2.75) is 91.9 Å². The van der Waals surface area contributed by atoms with Crippen LogP contribution in [0.1, 0.15) is 13.3 Å². The molecule has 0 fully saturated rings. The van der Waals surface area contributed by atoms with Gasteiger partial charge in [-0.3, -0.25) is 0 Å². The number of hydrogen-bond donors (Lipinski definition) is 0. The van der Waals surface area contributed by atoms with E-state index < -0.39 is 53.1 Å². The third-order valence-corrected chi connectivity index (χ3v) is 15.1. The summed E-state index contributed by atoms with van der Waals surface area (Å²) >= 11 is -0.826. The molecule has 40 heavy (non-hydrogen) atoms. The van der Waals surface area contributed by atoms with E-state index in [1.165, 1.54) is 21.5 Å². The Morgan fingerprint density at radius 2 is 0.775 bits per heavy atom. The molecule has 0 aliphatic rings. The second kappa shape index (κ2) is 15.6. The Bertz CT molecular complexity index is 1130. The van der Waals surface area contributed by atoms with Gasteiger partial charge < -0.3 is 6.92 Å². The van der Waals surface area contributed by atoms with Crippen LogP contribution in [0.4, 0.5) is 0 Å². The molecule has 0 bridgehead atoms. The van der Waals surface area contributed by atoms with Crippen LogP contribution in [-0.4, -0.2) is 32.3 Å². The van der Waals surface area contributed by atoms with Crippen molar-refractivity contribution in [1.29, 1.82) is 0 Å². The Morgan fingerprint density at radius 1 is 0.550 bits per heavy atom. The van der Waals surface area contributed by atoms with Gasteiger partial charge in [-0.25, -0.2) is 0 Å². The van der Waals surface area contributed by atoms with Crippen molar-refractivity contribution in [2.24, 2.45) is 0 Å². The van der Waals surface area contributed by atoms with E-state index in [1.807, 2.05) is 6.92 Å². The average molecular weight is 724 g/mol. The summed E-state index contributed by atoms with van der Waals surface area (Å²) < 4.78 is 0. The monoisotopic (exact) mass is 721 g/mol. The molecule has 0 aromatic heterocycles. The van der Waals surface area contributed by atoms with Crippen LogP contribution in [0, 0.1) is 6.92 Å². The summed E-state index contributed by atoms with van der Waals surface area (Å²) in [6, 6.07) is 23.3. The van der Waals surface area contributed by atoms with Crippen LogP contribution in [-0.2, 0) is 20.8 Å². The van der Waals surface area contributed by atoms with E-state index >= 15 is 0 Å². The fourth-order valence-electron chi connectivity index (χ4n) is 5.09. The Balaban J connectivity index is 0.000000335. The third-order valence-electron chi connectivity index (χ3n) is 6.86. The molecule has 0 saturated heterocycles. The topological polar surface area (TPSA) is 0 Å². The standard InChI is InChI=1S/2C15H23Si2.C3H7.2ClH.Zr/c2*1-16(2,3)14-10-11-15(17(4,5)6)13-9-7-8-12(13)14;1-3-2;;;/h2*7-11H,1-6H3;1,3H2,2H3;2*1H;/q3*-1;;;+2/p-2. The molecule has 0 N–H and O–H groups in total. The SMILES string of the molecule is C[Si](C)(C)c1ccc([Si](C)(C)C)c2[cH-]ccc12.C[Si](C)(C)c1ccc([Si](C)(C)C)c2[cH-]ccc12.[CH2-]CC.[Cl][Zr][Cl]. The van der Waals surface area contributed by atoms with Gasteiger partial charge >= 0.3 is 37.9 Å². The first-order chi connectivity index (χ1) is 18.2. The molecular formula is C33H53Cl2Si4Zr-3. The quantitative estimate of drug-likeness (QED) is 0.145. The van der Waals surface area contributed by atoms with E-state index in [0.717, 1.165) is 6.42 Å². The van der Waals surface area contributed by atoms with Gasteiger partial charge in [-0.05, 0) is 0 Å². The van der Waals surface area contributed by atoms with Gasteiger partial charge in [0.15, 0.2) is 0 Å². The van der Waals surface area contributed by atoms with Crippen molar-refractivity contribution in [3.63, 3.8) is 0 Å². The zero-order valence-electron chi connectivity index (χ0n) is 27.4. The molecule has 7 heteroatoms. The number of benzene rings is 2. The number of hydrogen-bond acceptors (Lipinski definition) is 0. The molecule has 0 amide bonds. The van der Waals surface area contributed by atoms with Crippen LogP contribution < -0.4 is 20.7 Å². The Kier molecular flexibility index (Phi) is 14.9. The number of fused-ring (bicyclic) bond motifs is 2. The summed E-state index contributed by atoms with van der Waals surface area (Å²) in [5, 5.41) is 12.5. The van der Waals surface area contributed by atoms with Crippen LogP contribution in [0.2, 0.25) is 78.6 Å². The molecule has 0 saturated carbocycles. The van der Waals surface area contributed by atoms with Crippen LogP contribution in [0.25, 0.3) is 21.5 Å². The average Bonchev–Trinajstić information content (AvgIpc) is 3.46. The fourth-order valence-corrected chi connectivity index (χ4v) is 11.5. The van der Waals surface area contributed by atoms with Gasteiger partial charge in [0.2, 0.25) is 0 Å². The van der Waals surface area contributed by atoms with Crippen molar-refractivity contribution >= 4 is 91.6 Å². The van der Waals surface area contributed by atoms with Gasteiger partial charge in [0, 0.05) is 16.1 Å². The van der Waals surface area contributed by atoms with Crippen molar-refractivity contribution < 1.29 is 20.8 Å². The summed E-state index contributed by atoms with van der Waals surface area (Å²) in [6.45, 7) is 34.7. The second-order valence-corrected chi connectivity index (χ2v) is 38.5. The van der Waals surface area contributed by atoms with Crippen LogP contribution in [0.3, 0.4) is 0 Å². The first kappa shape index (κ1) is 38.0. The maximum atomic E-state index is 4.93. The summed E-state index contributed by atoms with van der Waals surface area (Å²) in [6.07, 6.45) is 1.00. The summed E-state index contributed by atoms with van der Waals surface area (Å²) in [5.41, 5.74) is 0. The van der Waals surface area contributed by atoms with Crippen molar-refractivity contribution in [3.8, 4) is 0 Å². The number of rotatable bonds is 4. The normalized spacial score (nSPS) is 12.1. The van der Waals surface area contributed by atoms with Gasteiger partial charge in [0.25, 0.3) is 0 Å². The van der Waals surface area contributed by atoms with E-state index in [0.29, 0.717) is 0 Å². The molecule has 4 aromatic rings. The van der Waals surface area contributed by atoms with Gasteiger partial charge in [-0.2, -0.15) is 30.7 Å². The first-order valence-corrected chi connectivity index (χ1v) is 34.7. The summed E-state index contributed by atoms with van der Waals surface area (Å²) in [4.78, 5) is 0. The Labute approximate surface area is 269 Å². The third kappa shape index (κ3) is 10.6. The summed E-state index contributed by atoms with van der Waals surface area (Å²) in [5.74, 6) is 0. The molecular weight excluding hydrogens is 671 g/mol. The second-order valence-electron chi connectivity index (χ2n) is 14.6. The Morgan fingerprint density at radius 3 is 1.00 bits per heavy atom. The van der Waals surface area contributed by atoms with Crippen molar-refractivity contribution in [3.05, 3.63) is 67.6 Å². The fraction of sp³-hybridized carbons (Fsp3) is 0.424. The molecule has 0 atom stereocenters. The van der Waals surface area contributed by atoms with Crippen LogP contribution >= 0.6 is 17.0 Å². The zero-order valence-corrected chi connectivity index (χ0v) is 35.4. The van der Waals surface area contributed by atoms with E-state index in [4.69, 9.17) is 17.0 Å². The molecule has 0 aliphatic heterocycles. The van der Waals surface area contributed by atoms with Crippen molar-refractivity contribution in [1.82, 2.24) is 0 Å². The van der Waals surface area contributed by atoms with E-state index in [2.05, 4.69) is 146 Å². The number of halogens is 2. The van der Waals surface area contributed by atoms with E-state index in [9.17, 15) is 0 Å². The van der Waals surface area contributed by atoms with E-state index in [-0.39, 0.29) is 0 Å². The molecule has 0 spiro atoms. The first-order valence-electron chi connectivity index (χ1n) is 14.4. The molecule has 0 unspecified atom stereocenters. The summed E-state index contributed by atoms with van der Waals surface area (Å²) in [7, 11) is 4.96. The predicted octanol–water partition coefficient (Wildman–Crippen LogP) is 9.91. The molecule has 0 aliphatic carbocycles. The van der Waals surface area contributed by atoms with Crippen molar-refractivity contribution in [2.75, 3.05) is 0 Å². The van der Waals surface area contributed by atoms with Gasteiger partial charge in [-0.15, -0.1) is 66.6 Å². The van der Waals surface area contributed by atoms with E-state index in [1.54, 1.807) is 20.7 Å². The molecule has 0 nitrogen and oxygen atoms in total. The predicted molar refractivity (Wildman–Crippen MR) is 198 cm³/mol. The van der Waals surface area contributed by atoms with Gasteiger partial charge in [0.1, 0.15) is 0 Å². The molecule has 4 aromatic carbocycles. The molecule has 4 rings (SSSR count). The van der Waals surface area contributed by atoms with Gasteiger partial charge in [-0.1, -0.05) is 97.6 Å². The molecule has 0 radical (unpaired) electrons. The van der Waals surface area contributed by atoms with Gasteiger partial charge in [0.05, 0.1) is 16.1 Å². The van der Waals surface area contributed by atoms with Crippen LogP contribution in [0.5, 0.6) is 0 Å². The Hall–Kier alpha value is -0.00935.